The molecule has 6 nitrogen and oxygen atoms in total. The Morgan fingerprint density at radius 1 is 1.41 bits per heavy atom. The Labute approximate surface area is 105 Å². The van der Waals surface area contributed by atoms with Gasteiger partial charge in [-0.05, 0) is 18.6 Å². The van der Waals surface area contributed by atoms with Gasteiger partial charge in [0.15, 0.2) is 0 Å². The van der Waals surface area contributed by atoms with Crippen molar-refractivity contribution in [1.82, 2.24) is 15.0 Å². The fourth-order valence-corrected chi connectivity index (χ4v) is 2.87. The quantitative estimate of drug-likeness (QED) is 0.823. The highest BCUT2D eigenvalue weighted by Gasteiger charge is 2.16. The van der Waals surface area contributed by atoms with Crippen LogP contribution < -0.4 is 16.0 Å². The van der Waals surface area contributed by atoms with E-state index in [0.29, 0.717) is 17.1 Å². The molecule has 94 valence electrons. The van der Waals surface area contributed by atoms with Crippen LogP contribution >= 0.6 is 11.8 Å². The van der Waals surface area contributed by atoms with Crippen molar-refractivity contribution in [2.75, 3.05) is 42.3 Å². The standard InChI is InChI=1S/C10H18N6S/c1-16(2)10-14-8(11)13-9(15-10)12-6-7-4-3-5-17-7/h7H,3-6H2,1-2H3,(H3,11,12,13,14,15). The van der Waals surface area contributed by atoms with Crippen LogP contribution in [0.3, 0.4) is 0 Å². The topological polar surface area (TPSA) is 80.0 Å². The first-order chi connectivity index (χ1) is 8.15. The maximum Gasteiger partial charge on any atom is 0.231 e. The van der Waals surface area contributed by atoms with Crippen molar-refractivity contribution >= 4 is 29.6 Å². The molecule has 1 unspecified atom stereocenters. The minimum Gasteiger partial charge on any atom is -0.368 e. The summed E-state index contributed by atoms with van der Waals surface area (Å²) in [5.41, 5.74) is 5.65. The second kappa shape index (κ2) is 5.39. The highest BCUT2D eigenvalue weighted by molar-refractivity contribution is 8.00. The van der Waals surface area contributed by atoms with Crippen molar-refractivity contribution in [1.29, 1.82) is 0 Å². The predicted molar refractivity (Wildman–Crippen MR) is 72.5 cm³/mol. The summed E-state index contributed by atoms with van der Waals surface area (Å²) in [6, 6.07) is 0. The van der Waals surface area contributed by atoms with E-state index in [4.69, 9.17) is 5.73 Å². The molecule has 0 saturated carbocycles. The molecule has 1 aliphatic rings. The van der Waals surface area contributed by atoms with Crippen LogP contribution in [0.15, 0.2) is 0 Å². The lowest BCUT2D eigenvalue weighted by Crippen LogP contribution is -2.19. The molecule has 0 aliphatic carbocycles. The van der Waals surface area contributed by atoms with Gasteiger partial charge in [0.05, 0.1) is 0 Å². The number of thioether (sulfide) groups is 1. The number of aromatic nitrogens is 3. The molecule has 0 radical (unpaired) electrons. The highest BCUT2D eigenvalue weighted by Crippen LogP contribution is 2.26. The van der Waals surface area contributed by atoms with E-state index in [-0.39, 0.29) is 5.95 Å². The van der Waals surface area contributed by atoms with Crippen molar-refractivity contribution in [2.45, 2.75) is 18.1 Å². The number of anilines is 3. The smallest absolute Gasteiger partial charge is 0.231 e. The molecule has 1 fully saturated rings. The first-order valence-corrected chi connectivity index (χ1v) is 6.74. The second-order valence-electron chi connectivity index (χ2n) is 4.23. The zero-order valence-corrected chi connectivity index (χ0v) is 11.0. The third-order valence-electron chi connectivity index (χ3n) is 2.55. The molecule has 0 bridgehead atoms. The summed E-state index contributed by atoms with van der Waals surface area (Å²) < 4.78 is 0. The van der Waals surface area contributed by atoms with Gasteiger partial charge in [0, 0.05) is 25.9 Å². The first-order valence-electron chi connectivity index (χ1n) is 5.69. The Morgan fingerprint density at radius 2 is 2.24 bits per heavy atom. The van der Waals surface area contributed by atoms with E-state index in [1.165, 1.54) is 18.6 Å². The van der Waals surface area contributed by atoms with Gasteiger partial charge in [0.25, 0.3) is 0 Å². The number of nitrogens with zero attached hydrogens (tertiary/aromatic N) is 4. The summed E-state index contributed by atoms with van der Waals surface area (Å²) in [4.78, 5) is 14.2. The minimum atomic E-state index is 0.255. The van der Waals surface area contributed by atoms with Crippen LogP contribution in [0.1, 0.15) is 12.8 Å². The van der Waals surface area contributed by atoms with Crippen molar-refractivity contribution in [3.8, 4) is 0 Å². The van der Waals surface area contributed by atoms with Gasteiger partial charge in [-0.15, -0.1) is 0 Å². The highest BCUT2D eigenvalue weighted by atomic mass is 32.2. The maximum atomic E-state index is 5.65. The van der Waals surface area contributed by atoms with Gasteiger partial charge in [0.2, 0.25) is 17.8 Å². The molecule has 1 atom stereocenters. The number of hydrogen-bond donors (Lipinski definition) is 2. The lowest BCUT2D eigenvalue weighted by Gasteiger charge is -2.13. The van der Waals surface area contributed by atoms with E-state index in [1.807, 2.05) is 30.8 Å². The molecule has 1 aromatic heterocycles. The Kier molecular flexibility index (Phi) is 3.88. The molecular weight excluding hydrogens is 236 g/mol. The maximum absolute atomic E-state index is 5.65. The summed E-state index contributed by atoms with van der Waals surface area (Å²) in [6.45, 7) is 0.890. The van der Waals surface area contributed by atoms with Gasteiger partial charge < -0.3 is 16.0 Å². The Hall–Kier alpha value is -1.24. The van der Waals surface area contributed by atoms with Crippen LogP contribution in [0.4, 0.5) is 17.8 Å². The minimum absolute atomic E-state index is 0.255. The Bertz CT molecular complexity index is 377. The average Bonchev–Trinajstić information content (AvgIpc) is 2.78. The fourth-order valence-electron chi connectivity index (χ4n) is 1.67. The van der Waals surface area contributed by atoms with Crippen molar-refractivity contribution in [2.24, 2.45) is 0 Å². The number of nitrogens with two attached hydrogens (primary N) is 1. The summed E-state index contributed by atoms with van der Waals surface area (Å²) in [6.07, 6.45) is 2.57. The summed E-state index contributed by atoms with van der Waals surface area (Å²) >= 11 is 2.00. The SMILES string of the molecule is CN(C)c1nc(N)nc(NCC2CCCS2)n1. The van der Waals surface area contributed by atoms with Crippen LogP contribution in [-0.4, -0.2) is 46.6 Å². The predicted octanol–water partition coefficient (Wildman–Crippen LogP) is 0.827. The lowest BCUT2D eigenvalue weighted by atomic mass is 10.2. The third kappa shape index (κ3) is 3.36. The van der Waals surface area contributed by atoms with Crippen molar-refractivity contribution < 1.29 is 0 Å². The molecule has 1 saturated heterocycles. The van der Waals surface area contributed by atoms with Crippen molar-refractivity contribution in [3.05, 3.63) is 0 Å². The van der Waals surface area contributed by atoms with Crippen LogP contribution in [0.25, 0.3) is 0 Å². The first kappa shape index (κ1) is 12.2. The van der Waals surface area contributed by atoms with Gasteiger partial charge in [0.1, 0.15) is 0 Å². The summed E-state index contributed by atoms with van der Waals surface area (Å²) in [5, 5.41) is 3.90. The molecule has 1 aliphatic heterocycles. The number of nitrogens with one attached hydrogen (secondary N) is 1. The number of hydrogen-bond acceptors (Lipinski definition) is 7. The van der Waals surface area contributed by atoms with Gasteiger partial charge >= 0.3 is 0 Å². The number of nitrogen functional groups attached to an aromatic ring is 1. The largest absolute Gasteiger partial charge is 0.368 e. The van der Waals surface area contributed by atoms with E-state index in [1.54, 1.807) is 0 Å². The van der Waals surface area contributed by atoms with Gasteiger partial charge in [-0.25, -0.2) is 0 Å². The monoisotopic (exact) mass is 254 g/mol. The zero-order chi connectivity index (χ0) is 12.3. The van der Waals surface area contributed by atoms with E-state index in [2.05, 4.69) is 20.3 Å². The molecule has 0 amide bonds. The summed E-state index contributed by atoms with van der Waals surface area (Å²) in [5.74, 6) is 2.66. The molecule has 2 rings (SSSR count). The van der Waals surface area contributed by atoms with Gasteiger partial charge in [-0.2, -0.15) is 26.7 Å². The Balaban J connectivity index is 1.99. The van der Waals surface area contributed by atoms with E-state index < -0.39 is 0 Å². The molecule has 0 spiro atoms. The lowest BCUT2D eigenvalue weighted by molar-refractivity contribution is 0.799. The van der Waals surface area contributed by atoms with Crippen LogP contribution in [0, 0.1) is 0 Å². The zero-order valence-electron chi connectivity index (χ0n) is 10.2. The summed E-state index contributed by atoms with van der Waals surface area (Å²) in [7, 11) is 3.76. The Morgan fingerprint density at radius 3 is 2.88 bits per heavy atom. The molecule has 2 heterocycles. The molecule has 1 aromatic rings. The van der Waals surface area contributed by atoms with E-state index in [0.717, 1.165) is 6.54 Å². The van der Waals surface area contributed by atoms with Crippen LogP contribution in [0.5, 0.6) is 0 Å². The molecular formula is C10H18N6S. The van der Waals surface area contributed by atoms with Gasteiger partial charge in [-0.3, -0.25) is 0 Å². The second-order valence-corrected chi connectivity index (χ2v) is 5.64. The normalized spacial score (nSPS) is 19.3. The van der Waals surface area contributed by atoms with E-state index >= 15 is 0 Å². The third-order valence-corrected chi connectivity index (χ3v) is 3.95. The molecule has 7 heteroatoms. The number of rotatable bonds is 4. The van der Waals surface area contributed by atoms with Gasteiger partial charge in [-0.1, -0.05) is 0 Å². The molecule has 0 aromatic carbocycles. The molecule has 17 heavy (non-hydrogen) atoms. The fraction of sp³-hybridized carbons (Fsp3) is 0.700. The van der Waals surface area contributed by atoms with Crippen LogP contribution in [-0.2, 0) is 0 Å². The van der Waals surface area contributed by atoms with Crippen LogP contribution in [0.2, 0.25) is 0 Å². The van der Waals surface area contributed by atoms with E-state index in [9.17, 15) is 0 Å². The van der Waals surface area contributed by atoms with Crippen molar-refractivity contribution in [3.63, 3.8) is 0 Å². The average molecular weight is 254 g/mol. The molecule has 3 N–H and O–H groups in total.